The number of hydrogen-bond donors (Lipinski definition) is 0. The highest BCUT2D eigenvalue weighted by Crippen LogP contribution is 2.40. The summed E-state index contributed by atoms with van der Waals surface area (Å²) in [6, 6.07) is 20.7. The van der Waals surface area contributed by atoms with Crippen LogP contribution in [-0.4, -0.2) is 63.2 Å². The van der Waals surface area contributed by atoms with E-state index in [2.05, 4.69) is 4.90 Å². The maximum Gasteiger partial charge on any atom is 0.243 e. The Kier molecular flexibility index (Phi) is 8.95. The lowest BCUT2D eigenvalue weighted by molar-refractivity contribution is 0.0203. The van der Waals surface area contributed by atoms with Crippen LogP contribution in [0.15, 0.2) is 77.7 Å². The smallest absolute Gasteiger partial charge is 0.243 e. The van der Waals surface area contributed by atoms with Gasteiger partial charge in [0.25, 0.3) is 0 Å². The number of hydrogen-bond acceptors (Lipinski definition) is 6. The first-order valence-corrected chi connectivity index (χ1v) is 15.2. The summed E-state index contributed by atoms with van der Waals surface area (Å²) in [5.74, 6) is 0.156. The van der Waals surface area contributed by atoms with Crippen LogP contribution >= 0.6 is 0 Å². The number of carbonyl (C=O) groups excluding carboxylic acids is 1. The van der Waals surface area contributed by atoms with Gasteiger partial charge in [-0.1, -0.05) is 36.4 Å². The zero-order valence-corrected chi connectivity index (χ0v) is 23.5. The number of carbonyl (C=O) groups is 1. The Bertz CT molecular complexity index is 1410. The molecule has 2 aliphatic rings. The number of Topliss-reactive ketones (excluding diaryl/α,β-unsaturated/α-hetero) is 1. The molecule has 212 valence electrons. The summed E-state index contributed by atoms with van der Waals surface area (Å²) in [6.07, 6.45) is 1.69. The van der Waals surface area contributed by atoms with Gasteiger partial charge in [-0.2, -0.15) is 4.31 Å². The fraction of sp³-hybridized carbons (Fsp3) is 0.387. The number of methoxy groups -OCH3 is 1. The molecular formula is C31H35FN2O5S. The number of fused-ring (bicyclic) bond motifs is 1. The average Bonchev–Trinajstić information content (AvgIpc) is 2.98. The Morgan fingerprint density at radius 1 is 0.950 bits per heavy atom. The largest absolute Gasteiger partial charge is 0.496 e. The predicted octanol–water partition coefficient (Wildman–Crippen LogP) is 5.08. The van der Waals surface area contributed by atoms with Gasteiger partial charge in [0.2, 0.25) is 10.0 Å². The van der Waals surface area contributed by atoms with E-state index < -0.39 is 16.1 Å². The van der Waals surface area contributed by atoms with E-state index in [0.717, 1.165) is 38.0 Å². The van der Waals surface area contributed by atoms with Crippen LogP contribution in [-0.2, 0) is 21.4 Å². The third-order valence-electron chi connectivity index (χ3n) is 7.82. The molecule has 0 N–H and O–H groups in total. The van der Waals surface area contributed by atoms with Crippen LogP contribution in [0, 0.1) is 11.7 Å². The lowest BCUT2D eigenvalue weighted by Crippen LogP contribution is -2.42. The van der Waals surface area contributed by atoms with Gasteiger partial charge in [0.05, 0.1) is 18.6 Å². The number of nitrogens with zero attached hydrogens (tertiary/aromatic N) is 2. The molecule has 9 heteroatoms. The highest BCUT2D eigenvalue weighted by atomic mass is 32.2. The fourth-order valence-corrected chi connectivity index (χ4v) is 7.36. The van der Waals surface area contributed by atoms with Gasteiger partial charge in [0.15, 0.2) is 5.78 Å². The van der Waals surface area contributed by atoms with E-state index in [1.807, 2.05) is 30.3 Å². The number of likely N-dealkylation sites (tertiary alicyclic amines) is 1. The lowest BCUT2D eigenvalue weighted by atomic mass is 9.89. The maximum absolute atomic E-state index is 13.6. The molecule has 7 nitrogen and oxygen atoms in total. The van der Waals surface area contributed by atoms with E-state index in [1.165, 1.54) is 16.4 Å². The molecule has 3 aromatic rings. The van der Waals surface area contributed by atoms with Gasteiger partial charge in [-0.25, -0.2) is 12.8 Å². The number of rotatable bonds is 10. The molecule has 0 spiro atoms. The van der Waals surface area contributed by atoms with Gasteiger partial charge in [-0.15, -0.1) is 0 Å². The molecule has 1 saturated heterocycles. The number of ketones is 1. The minimum Gasteiger partial charge on any atom is -0.496 e. The van der Waals surface area contributed by atoms with Crippen molar-refractivity contribution in [2.45, 2.75) is 36.9 Å². The normalized spacial score (nSPS) is 19.7. The lowest BCUT2D eigenvalue weighted by Gasteiger charge is -2.35. The quantitative estimate of drug-likeness (QED) is 0.319. The van der Waals surface area contributed by atoms with Gasteiger partial charge in [0, 0.05) is 30.1 Å². The molecule has 0 radical (unpaired) electrons. The van der Waals surface area contributed by atoms with Crippen molar-refractivity contribution >= 4 is 15.8 Å². The van der Waals surface area contributed by atoms with Crippen LogP contribution in [0.25, 0.3) is 0 Å². The highest BCUT2D eigenvalue weighted by Gasteiger charge is 2.39. The van der Waals surface area contributed by atoms with E-state index in [4.69, 9.17) is 9.47 Å². The first kappa shape index (κ1) is 28.4. The summed E-state index contributed by atoms with van der Waals surface area (Å²) in [4.78, 5) is 15.3. The molecule has 0 bridgehead atoms. The van der Waals surface area contributed by atoms with Crippen molar-refractivity contribution in [2.24, 2.45) is 5.92 Å². The minimum absolute atomic E-state index is 0.0645. The van der Waals surface area contributed by atoms with E-state index in [1.54, 1.807) is 37.4 Å². The first-order valence-electron chi connectivity index (χ1n) is 13.7. The Morgan fingerprint density at radius 2 is 1.68 bits per heavy atom. The fourth-order valence-electron chi connectivity index (χ4n) is 5.62. The van der Waals surface area contributed by atoms with Gasteiger partial charge in [-0.05, 0) is 80.9 Å². The molecule has 0 aromatic heterocycles. The topological polar surface area (TPSA) is 76.2 Å². The summed E-state index contributed by atoms with van der Waals surface area (Å²) in [5.41, 5.74) is 2.14. The summed E-state index contributed by atoms with van der Waals surface area (Å²) in [6.45, 7) is 3.24. The summed E-state index contributed by atoms with van der Waals surface area (Å²) in [7, 11) is -2.16. The molecule has 1 fully saturated rings. The third-order valence-corrected chi connectivity index (χ3v) is 9.74. The molecule has 1 atom stereocenters. The molecule has 3 aromatic carbocycles. The van der Waals surface area contributed by atoms with Crippen LogP contribution in [0.2, 0.25) is 0 Å². The molecule has 2 aliphatic heterocycles. The van der Waals surface area contributed by atoms with Crippen LogP contribution in [0.5, 0.6) is 5.75 Å². The molecule has 1 unspecified atom stereocenters. The number of ether oxygens (including phenoxy) is 2. The summed E-state index contributed by atoms with van der Waals surface area (Å²) < 4.78 is 53.7. The van der Waals surface area contributed by atoms with E-state index >= 15 is 0 Å². The van der Waals surface area contributed by atoms with Crippen molar-refractivity contribution < 1.29 is 27.1 Å². The minimum atomic E-state index is -3.70. The van der Waals surface area contributed by atoms with Crippen molar-refractivity contribution in [3.8, 4) is 5.75 Å². The van der Waals surface area contributed by atoms with Crippen LogP contribution < -0.4 is 4.74 Å². The van der Waals surface area contributed by atoms with Crippen molar-refractivity contribution in [1.82, 2.24) is 9.21 Å². The Hall–Kier alpha value is -3.11. The molecular weight excluding hydrogens is 531 g/mol. The molecule has 0 amide bonds. The molecule has 2 heterocycles. The first-order chi connectivity index (χ1) is 19.4. The van der Waals surface area contributed by atoms with Crippen molar-refractivity contribution in [2.75, 3.05) is 39.8 Å². The van der Waals surface area contributed by atoms with Crippen LogP contribution in [0.4, 0.5) is 4.39 Å². The van der Waals surface area contributed by atoms with Gasteiger partial charge in [-0.3, -0.25) is 4.79 Å². The molecule has 40 heavy (non-hydrogen) atoms. The Labute approximate surface area is 235 Å². The van der Waals surface area contributed by atoms with Crippen LogP contribution in [0.1, 0.15) is 46.9 Å². The average molecular weight is 567 g/mol. The Morgan fingerprint density at radius 3 is 2.38 bits per heavy atom. The van der Waals surface area contributed by atoms with Gasteiger partial charge in [0.1, 0.15) is 17.7 Å². The molecule has 0 aliphatic carbocycles. The third kappa shape index (κ3) is 6.28. The second kappa shape index (κ2) is 12.6. The SMILES string of the molecule is COc1cccc2c1C(OCc1ccccc1)CN(CCCN1CCC(C(=O)c3ccc(F)cc3)CC1)S2(=O)=O. The number of halogens is 1. The van der Waals surface area contributed by atoms with Crippen molar-refractivity contribution in [3.63, 3.8) is 0 Å². The number of benzene rings is 3. The van der Waals surface area contributed by atoms with Crippen molar-refractivity contribution in [1.29, 1.82) is 0 Å². The number of piperidine rings is 1. The highest BCUT2D eigenvalue weighted by molar-refractivity contribution is 7.89. The van der Waals surface area contributed by atoms with E-state index in [9.17, 15) is 17.6 Å². The van der Waals surface area contributed by atoms with Gasteiger partial charge >= 0.3 is 0 Å². The van der Waals surface area contributed by atoms with Crippen LogP contribution in [0.3, 0.4) is 0 Å². The predicted molar refractivity (Wildman–Crippen MR) is 150 cm³/mol. The maximum atomic E-state index is 13.6. The molecule has 0 saturated carbocycles. The second-order valence-electron chi connectivity index (χ2n) is 10.4. The second-order valence-corrected chi connectivity index (χ2v) is 12.3. The monoisotopic (exact) mass is 566 g/mol. The zero-order valence-electron chi connectivity index (χ0n) is 22.7. The van der Waals surface area contributed by atoms with E-state index in [-0.39, 0.29) is 29.0 Å². The Balaban J connectivity index is 1.20. The van der Waals surface area contributed by atoms with E-state index in [0.29, 0.717) is 36.4 Å². The van der Waals surface area contributed by atoms with Crippen molar-refractivity contribution in [3.05, 3.63) is 95.3 Å². The van der Waals surface area contributed by atoms with Gasteiger partial charge < -0.3 is 14.4 Å². The molecule has 5 rings (SSSR count). The standard InChI is InChI=1S/C31H35FN2O5S/c1-38-27-9-5-10-29-30(27)28(39-22-23-7-3-2-4-8-23)21-34(40(29,36)37)18-6-17-33-19-15-25(16-20-33)31(35)24-11-13-26(32)14-12-24/h2-5,7-14,25,28H,6,15-22H2,1H3. The summed E-state index contributed by atoms with van der Waals surface area (Å²) in [5, 5.41) is 0. The summed E-state index contributed by atoms with van der Waals surface area (Å²) >= 11 is 0. The number of sulfonamides is 1. The zero-order chi connectivity index (χ0) is 28.1.